The number of phenolic OH excluding ortho intramolecular Hbond substituents is 1. The van der Waals surface area contributed by atoms with Gasteiger partial charge in [-0.15, -0.1) is 0 Å². The second-order valence-electron chi connectivity index (χ2n) is 8.83. The van der Waals surface area contributed by atoms with E-state index in [1.54, 1.807) is 6.92 Å². The zero-order chi connectivity index (χ0) is 26.0. The maximum absolute atomic E-state index is 13.6. The number of thiocarbonyl (C=S) groups is 1. The van der Waals surface area contributed by atoms with Gasteiger partial charge in [0.1, 0.15) is 22.8 Å². The molecule has 1 amide bonds. The molecule has 12 heteroatoms. The summed E-state index contributed by atoms with van der Waals surface area (Å²) >= 11 is 5.98. The van der Waals surface area contributed by atoms with Crippen LogP contribution in [-0.4, -0.2) is 59.6 Å². The smallest absolute Gasteiger partial charge is 0.255 e. The van der Waals surface area contributed by atoms with Gasteiger partial charge in [0.15, 0.2) is 11.4 Å². The van der Waals surface area contributed by atoms with Crippen molar-refractivity contribution in [2.24, 2.45) is 17.6 Å². The molecule has 0 spiro atoms. The predicted octanol–water partition coefficient (Wildman–Crippen LogP) is 1.50. The van der Waals surface area contributed by atoms with Crippen molar-refractivity contribution in [3.63, 3.8) is 0 Å². The Morgan fingerprint density at radius 2 is 1.91 bits per heavy atom. The average Bonchev–Trinajstić information content (AvgIpc) is 2.75. The van der Waals surface area contributed by atoms with Gasteiger partial charge in [0, 0.05) is 23.8 Å². The lowest BCUT2D eigenvalue weighted by Gasteiger charge is -2.50. The Morgan fingerprint density at radius 1 is 1.26 bits per heavy atom. The Bertz CT molecular complexity index is 1270. The van der Waals surface area contributed by atoms with Crippen molar-refractivity contribution in [1.29, 1.82) is 0 Å². The van der Waals surface area contributed by atoms with Crippen LogP contribution in [0.15, 0.2) is 33.9 Å². The van der Waals surface area contributed by atoms with Crippen LogP contribution in [-0.2, 0) is 24.7 Å². The lowest BCUT2D eigenvalue weighted by atomic mass is 9.56. The van der Waals surface area contributed by atoms with Crippen molar-refractivity contribution < 1.29 is 44.7 Å². The number of nitrogens with two attached hydrogens (primary N) is 1. The topological polar surface area (TPSA) is 188 Å². The van der Waals surface area contributed by atoms with Crippen LogP contribution >= 0.6 is 24.0 Å². The van der Waals surface area contributed by atoms with Crippen LogP contribution in [0.4, 0.5) is 0 Å². The Morgan fingerprint density at radius 3 is 2.51 bits per heavy atom. The molecule has 0 saturated heterocycles. The molecule has 1 fully saturated rings. The van der Waals surface area contributed by atoms with Gasteiger partial charge in [0.05, 0.1) is 22.7 Å². The minimum absolute atomic E-state index is 0.0992. The van der Waals surface area contributed by atoms with Gasteiger partial charge in [-0.2, -0.15) is 0 Å². The minimum atomic E-state index is -2.72. The molecule has 1 aromatic rings. The number of amides is 1. The number of carbonyl (C=O) groups is 3. The van der Waals surface area contributed by atoms with Crippen LogP contribution in [0.1, 0.15) is 37.8 Å². The number of fused-ring (bicyclic) bond motifs is 3. The number of carbonyl (C=O) groups excluding carboxylic acids is 3. The van der Waals surface area contributed by atoms with Crippen molar-refractivity contribution in [3.05, 3.63) is 40.2 Å². The highest BCUT2D eigenvalue weighted by Gasteiger charge is 2.63. The summed E-state index contributed by atoms with van der Waals surface area (Å²) < 4.78 is 5.31. The first-order chi connectivity index (χ1) is 16.3. The second kappa shape index (κ2) is 8.33. The number of ketones is 2. The third-order valence-corrected chi connectivity index (χ3v) is 8.12. The number of phenols is 1. The lowest BCUT2D eigenvalue weighted by molar-refractivity contribution is -0.152. The van der Waals surface area contributed by atoms with Crippen LogP contribution in [0.5, 0.6) is 5.75 Å². The number of primary amides is 1. The number of ether oxygens (including phenoxy) is 1. The van der Waals surface area contributed by atoms with Gasteiger partial charge in [0.2, 0.25) is 10.2 Å². The van der Waals surface area contributed by atoms with Gasteiger partial charge >= 0.3 is 0 Å². The summed E-state index contributed by atoms with van der Waals surface area (Å²) in [5.41, 5.74) is -0.817. The van der Waals surface area contributed by atoms with E-state index in [9.17, 15) is 39.9 Å². The van der Waals surface area contributed by atoms with Crippen LogP contribution in [0.2, 0.25) is 0 Å². The van der Waals surface area contributed by atoms with E-state index in [0.717, 1.165) is 11.8 Å². The molecular formula is C23H23NO9S2. The van der Waals surface area contributed by atoms with Gasteiger partial charge in [-0.3, -0.25) is 14.4 Å². The molecule has 0 aliphatic heterocycles. The second-order valence-corrected chi connectivity index (χ2v) is 10.5. The predicted molar refractivity (Wildman–Crippen MR) is 127 cm³/mol. The van der Waals surface area contributed by atoms with Crippen LogP contribution < -0.4 is 5.73 Å². The van der Waals surface area contributed by atoms with Crippen molar-refractivity contribution in [1.82, 2.24) is 0 Å². The molecule has 4 atom stereocenters. The third-order valence-electron chi connectivity index (χ3n) is 6.92. The fourth-order valence-corrected chi connectivity index (χ4v) is 6.29. The molecule has 0 unspecified atom stereocenters. The largest absolute Gasteiger partial charge is 0.508 e. The van der Waals surface area contributed by atoms with E-state index in [0.29, 0.717) is 6.61 Å². The fourth-order valence-electron chi connectivity index (χ4n) is 5.21. The van der Waals surface area contributed by atoms with Crippen molar-refractivity contribution >= 4 is 51.6 Å². The number of hydrogen-bond acceptors (Lipinski definition) is 11. The van der Waals surface area contributed by atoms with E-state index < -0.39 is 75.3 Å². The first-order valence-electron chi connectivity index (χ1n) is 10.7. The maximum atomic E-state index is 13.6. The number of benzene rings is 1. The SMILES string of the molecule is CCOC(=S)Sc1ccc2c(c1O)C(O)=C1C(=O)[C@]3(O)C(O)=C(C(N)=O)C(=O)C[C@@H]3C[C@@H]1[C@]2(C)O. The third kappa shape index (κ3) is 3.46. The average molecular weight is 522 g/mol. The summed E-state index contributed by atoms with van der Waals surface area (Å²) in [5.74, 6) is -7.99. The Labute approximate surface area is 209 Å². The first-order valence-corrected chi connectivity index (χ1v) is 11.9. The monoisotopic (exact) mass is 521 g/mol. The van der Waals surface area contributed by atoms with E-state index in [1.807, 2.05) is 0 Å². The van der Waals surface area contributed by atoms with E-state index in [2.05, 4.69) is 0 Å². The van der Waals surface area contributed by atoms with Gasteiger partial charge < -0.3 is 36.0 Å². The summed E-state index contributed by atoms with van der Waals surface area (Å²) in [5, 5.41) is 55.5. The van der Waals surface area contributed by atoms with Crippen LogP contribution in [0.3, 0.4) is 0 Å². The zero-order valence-corrected chi connectivity index (χ0v) is 20.3. The van der Waals surface area contributed by atoms with Gasteiger partial charge in [-0.25, -0.2) is 0 Å². The molecule has 1 aromatic carbocycles. The van der Waals surface area contributed by atoms with Crippen LogP contribution in [0.25, 0.3) is 5.76 Å². The summed E-state index contributed by atoms with van der Waals surface area (Å²) in [6, 6.07) is 2.95. The number of aromatic hydroxyl groups is 1. The van der Waals surface area contributed by atoms with Gasteiger partial charge in [0.25, 0.3) is 5.91 Å². The number of aliphatic hydroxyl groups excluding tert-OH is 2. The molecule has 0 bridgehead atoms. The standard InChI is InChI=1S/C23H23NO9S2/c1-3-33-21(34)35-12-5-4-9-13(16(12)26)17(27)14-10(22(9,2)31)6-8-7-11(25)15(20(24)30)19(29)23(8,32)18(14)28/h4-5,8,10,26-27,29,31-32H,3,6-7H2,1-2H3,(H2,24,30)/t8-,10-,22+,23-/m0/s1. The molecular weight excluding hydrogens is 498 g/mol. The molecule has 1 saturated carbocycles. The Hall–Kier alpha value is -2.93. The number of thioether (sulfide) groups is 1. The molecule has 3 aliphatic carbocycles. The van der Waals surface area contributed by atoms with E-state index in [4.69, 9.17) is 22.7 Å². The minimum Gasteiger partial charge on any atom is -0.508 e. The zero-order valence-electron chi connectivity index (χ0n) is 18.7. The highest BCUT2D eigenvalue weighted by atomic mass is 32.2. The number of Topliss-reactive ketones (excluding diaryl/α,β-unsaturated/α-hetero) is 2. The van der Waals surface area contributed by atoms with Crippen molar-refractivity contribution in [3.8, 4) is 5.75 Å². The molecule has 0 aromatic heterocycles. The van der Waals surface area contributed by atoms with Crippen molar-refractivity contribution in [2.45, 2.75) is 42.8 Å². The molecule has 0 radical (unpaired) electrons. The highest BCUT2D eigenvalue weighted by Crippen LogP contribution is 2.57. The van der Waals surface area contributed by atoms with Crippen LogP contribution in [0, 0.1) is 11.8 Å². The summed E-state index contributed by atoms with van der Waals surface area (Å²) in [6.45, 7) is 3.41. The lowest BCUT2D eigenvalue weighted by Crippen LogP contribution is -2.60. The molecule has 3 aliphatic rings. The Kier molecular flexibility index (Phi) is 5.99. The number of hydrogen-bond donors (Lipinski definition) is 6. The fraction of sp³-hybridized carbons (Fsp3) is 0.391. The summed E-state index contributed by atoms with van der Waals surface area (Å²) in [4.78, 5) is 38.0. The molecule has 4 rings (SSSR count). The molecule has 10 nitrogen and oxygen atoms in total. The van der Waals surface area contributed by atoms with E-state index in [-0.39, 0.29) is 26.8 Å². The Balaban J connectivity index is 1.93. The highest BCUT2D eigenvalue weighted by molar-refractivity contribution is 8.22. The molecule has 35 heavy (non-hydrogen) atoms. The normalized spacial score (nSPS) is 29.9. The summed E-state index contributed by atoms with van der Waals surface area (Å²) in [7, 11) is 0. The maximum Gasteiger partial charge on any atom is 0.255 e. The van der Waals surface area contributed by atoms with Gasteiger partial charge in [-0.1, -0.05) is 6.07 Å². The van der Waals surface area contributed by atoms with E-state index >= 15 is 0 Å². The first kappa shape index (κ1) is 25.2. The summed E-state index contributed by atoms with van der Waals surface area (Å²) in [6.07, 6.45) is -0.671. The van der Waals surface area contributed by atoms with Crippen molar-refractivity contribution in [2.75, 3.05) is 6.61 Å². The number of rotatable bonds is 3. The molecule has 0 heterocycles. The quantitative estimate of drug-likeness (QED) is 0.192. The van der Waals surface area contributed by atoms with E-state index in [1.165, 1.54) is 19.1 Å². The molecule has 7 N–H and O–H groups in total. The number of aliphatic hydroxyl groups is 4. The molecule has 186 valence electrons. The van der Waals surface area contributed by atoms with Gasteiger partial charge in [-0.05, 0) is 55.9 Å².